The predicted octanol–water partition coefficient (Wildman–Crippen LogP) is 2.03. The van der Waals surface area contributed by atoms with E-state index in [1.54, 1.807) is 40.1 Å². The molecule has 0 aliphatic rings. The van der Waals surface area contributed by atoms with Crippen LogP contribution in [-0.2, 0) is 6.54 Å². The fourth-order valence-corrected chi connectivity index (χ4v) is 2.48. The van der Waals surface area contributed by atoms with E-state index in [0.29, 0.717) is 17.6 Å². The van der Waals surface area contributed by atoms with Gasteiger partial charge in [0.1, 0.15) is 6.33 Å². The van der Waals surface area contributed by atoms with Gasteiger partial charge in [-0.25, -0.2) is 14.6 Å². The Morgan fingerprint density at radius 1 is 0.957 bits per heavy atom. The maximum atomic E-state index is 12.5. The molecule has 0 unspecified atom stereocenters. The van der Waals surface area contributed by atoms with Crippen molar-refractivity contribution in [1.29, 1.82) is 0 Å². The van der Waals surface area contributed by atoms with Gasteiger partial charge in [-0.1, -0.05) is 12.1 Å². The third-order valence-electron chi connectivity index (χ3n) is 3.66. The summed E-state index contributed by atoms with van der Waals surface area (Å²) in [6.07, 6.45) is 6.80. The molecule has 4 aromatic rings. The van der Waals surface area contributed by atoms with Crippen LogP contribution in [0.25, 0.3) is 16.7 Å². The monoisotopic (exact) mass is 303 g/mol. The molecule has 0 radical (unpaired) electrons. The lowest BCUT2D eigenvalue weighted by Crippen LogP contribution is -2.21. The first-order valence-corrected chi connectivity index (χ1v) is 7.20. The zero-order valence-corrected chi connectivity index (χ0v) is 12.2. The molecule has 23 heavy (non-hydrogen) atoms. The Labute approximate surface area is 131 Å². The summed E-state index contributed by atoms with van der Waals surface area (Å²) in [5.41, 5.74) is 2.39. The lowest BCUT2D eigenvalue weighted by atomic mass is 10.2. The highest BCUT2D eigenvalue weighted by molar-refractivity contribution is 5.72. The summed E-state index contributed by atoms with van der Waals surface area (Å²) in [5.74, 6) is 0. The van der Waals surface area contributed by atoms with Crippen LogP contribution in [0.5, 0.6) is 0 Å². The highest BCUT2D eigenvalue weighted by Crippen LogP contribution is 2.10. The van der Waals surface area contributed by atoms with E-state index in [1.165, 1.54) is 0 Å². The summed E-state index contributed by atoms with van der Waals surface area (Å²) in [7, 11) is 0. The van der Waals surface area contributed by atoms with Crippen LogP contribution in [0.4, 0.5) is 0 Å². The molecule has 6 heteroatoms. The first kappa shape index (κ1) is 13.4. The summed E-state index contributed by atoms with van der Waals surface area (Å²) in [6, 6.07) is 13.3. The molecule has 6 nitrogen and oxygen atoms in total. The van der Waals surface area contributed by atoms with E-state index >= 15 is 0 Å². The van der Waals surface area contributed by atoms with Gasteiger partial charge in [0, 0.05) is 18.6 Å². The summed E-state index contributed by atoms with van der Waals surface area (Å²) in [6.45, 7) is 0.468. The molecule has 0 N–H and O–H groups in total. The van der Waals surface area contributed by atoms with Crippen molar-refractivity contribution in [1.82, 2.24) is 24.3 Å². The third kappa shape index (κ3) is 2.50. The molecular formula is C17H13N5O. The fourth-order valence-electron chi connectivity index (χ4n) is 2.48. The Hall–Kier alpha value is -3.28. The van der Waals surface area contributed by atoms with Crippen molar-refractivity contribution in [2.75, 3.05) is 0 Å². The van der Waals surface area contributed by atoms with E-state index in [1.807, 2.05) is 36.5 Å². The Balaban J connectivity index is 1.66. The quantitative estimate of drug-likeness (QED) is 0.581. The normalized spacial score (nSPS) is 11.0. The topological polar surface area (TPSA) is 65.6 Å². The molecule has 0 fully saturated rings. The van der Waals surface area contributed by atoms with Crippen molar-refractivity contribution < 1.29 is 0 Å². The lowest BCUT2D eigenvalue weighted by Gasteiger charge is -2.07. The van der Waals surface area contributed by atoms with Gasteiger partial charge >= 0.3 is 0 Å². The Kier molecular flexibility index (Phi) is 3.20. The molecule has 4 rings (SSSR count). The number of benzene rings is 1. The van der Waals surface area contributed by atoms with Gasteiger partial charge in [-0.2, -0.15) is 5.10 Å². The van der Waals surface area contributed by atoms with E-state index in [0.717, 1.165) is 11.3 Å². The molecule has 0 spiro atoms. The van der Waals surface area contributed by atoms with Crippen LogP contribution < -0.4 is 5.56 Å². The highest BCUT2D eigenvalue weighted by atomic mass is 16.1. The average Bonchev–Trinajstić information content (AvgIpc) is 3.13. The Morgan fingerprint density at radius 3 is 2.61 bits per heavy atom. The van der Waals surface area contributed by atoms with E-state index in [4.69, 9.17) is 0 Å². The molecule has 3 heterocycles. The molecule has 0 aliphatic heterocycles. The second-order valence-electron chi connectivity index (χ2n) is 5.17. The maximum absolute atomic E-state index is 12.5. The predicted molar refractivity (Wildman–Crippen MR) is 86.5 cm³/mol. The smallest absolute Gasteiger partial charge is 0.263 e. The van der Waals surface area contributed by atoms with Crippen LogP contribution in [0.2, 0.25) is 0 Å². The minimum absolute atomic E-state index is 0.0840. The van der Waals surface area contributed by atoms with Gasteiger partial charge in [-0.05, 0) is 35.9 Å². The van der Waals surface area contributed by atoms with Gasteiger partial charge in [0.2, 0.25) is 0 Å². The number of hydrogen-bond acceptors (Lipinski definition) is 4. The first-order valence-electron chi connectivity index (χ1n) is 7.20. The zero-order valence-electron chi connectivity index (χ0n) is 12.2. The third-order valence-corrected chi connectivity index (χ3v) is 3.66. The number of pyridine rings is 1. The number of hydrogen-bond donors (Lipinski definition) is 0. The number of nitrogens with zero attached hydrogens (tertiary/aromatic N) is 5. The molecule has 0 saturated heterocycles. The fraction of sp³-hybridized carbons (Fsp3) is 0.0588. The van der Waals surface area contributed by atoms with Crippen molar-refractivity contribution in [2.24, 2.45) is 0 Å². The van der Waals surface area contributed by atoms with Gasteiger partial charge < -0.3 is 0 Å². The van der Waals surface area contributed by atoms with Crippen molar-refractivity contribution >= 4 is 11.0 Å². The summed E-state index contributed by atoms with van der Waals surface area (Å²) in [5, 5.41) is 4.72. The van der Waals surface area contributed by atoms with Crippen LogP contribution in [0.1, 0.15) is 5.56 Å². The standard InChI is InChI=1S/C17H13N5O/c23-17-15-3-1-8-18-16(15)19-12-21(17)11-13-4-6-14(7-5-13)22-10-2-9-20-22/h1-10,12H,11H2. The van der Waals surface area contributed by atoms with Crippen molar-refractivity contribution in [3.05, 3.63) is 83.3 Å². The summed E-state index contributed by atoms with van der Waals surface area (Å²) >= 11 is 0. The Bertz CT molecular complexity index is 1000. The molecule has 0 aliphatic carbocycles. The van der Waals surface area contributed by atoms with Gasteiger partial charge in [0.25, 0.3) is 5.56 Å². The van der Waals surface area contributed by atoms with Crippen LogP contribution in [0, 0.1) is 0 Å². The van der Waals surface area contributed by atoms with E-state index < -0.39 is 0 Å². The summed E-state index contributed by atoms with van der Waals surface area (Å²) in [4.78, 5) is 20.8. The zero-order chi connectivity index (χ0) is 15.6. The van der Waals surface area contributed by atoms with Crippen LogP contribution in [-0.4, -0.2) is 24.3 Å². The van der Waals surface area contributed by atoms with Gasteiger partial charge in [0.05, 0.1) is 17.6 Å². The molecule has 3 aromatic heterocycles. The minimum atomic E-state index is -0.0840. The van der Waals surface area contributed by atoms with E-state index in [-0.39, 0.29) is 5.56 Å². The minimum Gasteiger partial charge on any atom is -0.294 e. The molecule has 0 atom stereocenters. The molecule has 1 aromatic carbocycles. The second-order valence-corrected chi connectivity index (χ2v) is 5.17. The van der Waals surface area contributed by atoms with E-state index in [2.05, 4.69) is 15.1 Å². The van der Waals surface area contributed by atoms with Crippen molar-refractivity contribution in [3.8, 4) is 5.69 Å². The Morgan fingerprint density at radius 2 is 1.83 bits per heavy atom. The van der Waals surface area contributed by atoms with Gasteiger partial charge in [-0.3, -0.25) is 9.36 Å². The largest absolute Gasteiger partial charge is 0.294 e. The van der Waals surface area contributed by atoms with Gasteiger partial charge in [0.15, 0.2) is 5.65 Å². The van der Waals surface area contributed by atoms with Gasteiger partial charge in [-0.15, -0.1) is 0 Å². The van der Waals surface area contributed by atoms with Crippen molar-refractivity contribution in [2.45, 2.75) is 6.54 Å². The molecule has 0 amide bonds. The van der Waals surface area contributed by atoms with Crippen LogP contribution >= 0.6 is 0 Å². The molecule has 0 bridgehead atoms. The average molecular weight is 303 g/mol. The molecular weight excluding hydrogens is 290 g/mol. The van der Waals surface area contributed by atoms with Crippen molar-refractivity contribution in [3.63, 3.8) is 0 Å². The van der Waals surface area contributed by atoms with Crippen LogP contribution in [0.15, 0.2) is 72.2 Å². The molecule has 112 valence electrons. The molecule has 0 saturated carbocycles. The summed E-state index contributed by atoms with van der Waals surface area (Å²) < 4.78 is 3.38. The number of aromatic nitrogens is 5. The first-order chi connectivity index (χ1) is 11.3. The number of rotatable bonds is 3. The number of fused-ring (bicyclic) bond motifs is 1. The highest BCUT2D eigenvalue weighted by Gasteiger charge is 2.05. The lowest BCUT2D eigenvalue weighted by molar-refractivity contribution is 0.746. The van der Waals surface area contributed by atoms with Crippen LogP contribution in [0.3, 0.4) is 0 Å². The maximum Gasteiger partial charge on any atom is 0.263 e. The van der Waals surface area contributed by atoms with E-state index in [9.17, 15) is 4.79 Å². The second kappa shape index (κ2) is 5.49. The SMILES string of the molecule is O=c1c2cccnc2ncn1Cc1ccc(-n2cccn2)cc1.